The first-order valence-corrected chi connectivity index (χ1v) is 3.21. The second kappa shape index (κ2) is 7.38. The fraction of sp³-hybridized carbons (Fsp3) is 0.833. The topological polar surface area (TPSA) is 45.0 Å². The Morgan fingerprint density at radius 2 is 2.27 bits per heavy atom. The van der Waals surface area contributed by atoms with Gasteiger partial charge in [0.1, 0.15) is 6.61 Å². The fourth-order valence-corrected chi connectivity index (χ4v) is 0.461. The molecule has 0 aromatic heterocycles. The number of hydrogen-bond donors (Lipinski definition) is 1. The van der Waals surface area contributed by atoms with Gasteiger partial charge < -0.3 is 10.1 Å². The SMILES string of the molecule is N#CCNCCOCC(F)F. The summed E-state index contributed by atoms with van der Waals surface area (Å²) in [6, 6.07) is 1.85. The molecule has 0 aromatic rings. The first-order chi connectivity index (χ1) is 5.27. The minimum absolute atomic E-state index is 0.214. The number of alkyl halides is 2. The van der Waals surface area contributed by atoms with Gasteiger partial charge in [0.05, 0.1) is 19.2 Å². The van der Waals surface area contributed by atoms with Crippen LogP contribution in [-0.2, 0) is 4.74 Å². The summed E-state index contributed by atoms with van der Waals surface area (Å²) in [6.07, 6.45) is -2.41. The zero-order chi connectivity index (χ0) is 8.53. The van der Waals surface area contributed by atoms with E-state index < -0.39 is 13.0 Å². The molecule has 0 bridgehead atoms. The minimum Gasteiger partial charge on any atom is -0.374 e. The van der Waals surface area contributed by atoms with Crippen molar-refractivity contribution in [1.29, 1.82) is 5.26 Å². The lowest BCUT2D eigenvalue weighted by molar-refractivity contribution is 0.0190. The Labute approximate surface area is 64.0 Å². The van der Waals surface area contributed by atoms with Gasteiger partial charge in [-0.3, -0.25) is 0 Å². The molecule has 0 aromatic carbocycles. The molecule has 3 nitrogen and oxygen atoms in total. The maximum Gasteiger partial charge on any atom is 0.261 e. The molecule has 0 radical (unpaired) electrons. The van der Waals surface area contributed by atoms with E-state index in [0.717, 1.165) is 0 Å². The Balaban J connectivity index is 2.86. The van der Waals surface area contributed by atoms with Crippen LogP contribution in [0.25, 0.3) is 0 Å². The van der Waals surface area contributed by atoms with Crippen LogP contribution in [0.1, 0.15) is 0 Å². The van der Waals surface area contributed by atoms with Crippen molar-refractivity contribution in [3.8, 4) is 6.07 Å². The van der Waals surface area contributed by atoms with E-state index in [1.54, 1.807) is 0 Å². The molecule has 1 N–H and O–H groups in total. The molecule has 64 valence electrons. The molecule has 0 saturated carbocycles. The van der Waals surface area contributed by atoms with Crippen LogP contribution in [0.4, 0.5) is 8.78 Å². The summed E-state index contributed by atoms with van der Waals surface area (Å²) >= 11 is 0. The first-order valence-electron chi connectivity index (χ1n) is 3.21. The molecule has 0 rings (SSSR count). The van der Waals surface area contributed by atoms with Gasteiger partial charge in [0.2, 0.25) is 0 Å². The van der Waals surface area contributed by atoms with Crippen LogP contribution >= 0.6 is 0 Å². The second-order valence-electron chi connectivity index (χ2n) is 1.80. The third-order valence-corrected chi connectivity index (χ3v) is 0.871. The number of halogens is 2. The van der Waals surface area contributed by atoms with Crippen molar-refractivity contribution in [3.05, 3.63) is 0 Å². The van der Waals surface area contributed by atoms with Gasteiger partial charge in [0.15, 0.2) is 0 Å². The van der Waals surface area contributed by atoms with E-state index in [9.17, 15) is 8.78 Å². The van der Waals surface area contributed by atoms with Gasteiger partial charge in [-0.2, -0.15) is 5.26 Å². The van der Waals surface area contributed by atoms with Crippen molar-refractivity contribution < 1.29 is 13.5 Å². The molecule has 0 aliphatic rings. The maximum absolute atomic E-state index is 11.4. The Hall–Kier alpha value is -0.730. The summed E-state index contributed by atoms with van der Waals surface area (Å²) in [5, 5.41) is 10.7. The van der Waals surface area contributed by atoms with E-state index in [1.165, 1.54) is 0 Å². The van der Waals surface area contributed by atoms with Crippen LogP contribution in [0.3, 0.4) is 0 Å². The number of hydrogen-bond acceptors (Lipinski definition) is 3. The molecular formula is C6H10F2N2O. The van der Waals surface area contributed by atoms with Crippen LogP contribution < -0.4 is 5.32 Å². The predicted octanol–water partition coefficient (Wildman–Crippen LogP) is 0.381. The van der Waals surface area contributed by atoms with E-state index in [2.05, 4.69) is 10.1 Å². The van der Waals surface area contributed by atoms with E-state index in [0.29, 0.717) is 6.54 Å². The van der Waals surface area contributed by atoms with Gasteiger partial charge in [-0.05, 0) is 0 Å². The van der Waals surface area contributed by atoms with E-state index >= 15 is 0 Å². The zero-order valence-corrected chi connectivity index (χ0v) is 6.02. The Kier molecular flexibility index (Phi) is 6.89. The molecule has 5 heteroatoms. The molecule has 0 atom stereocenters. The van der Waals surface area contributed by atoms with Crippen LogP contribution in [0.15, 0.2) is 0 Å². The quantitative estimate of drug-likeness (QED) is 0.456. The molecule has 0 spiro atoms. The van der Waals surface area contributed by atoms with Gasteiger partial charge >= 0.3 is 0 Å². The number of rotatable bonds is 6. The largest absolute Gasteiger partial charge is 0.374 e. The number of nitriles is 1. The summed E-state index contributed by atoms with van der Waals surface area (Å²) in [7, 11) is 0. The molecule has 0 aliphatic carbocycles. The summed E-state index contributed by atoms with van der Waals surface area (Å²) in [6.45, 7) is 0.332. The molecule has 0 aliphatic heterocycles. The van der Waals surface area contributed by atoms with E-state index in [1.807, 2.05) is 6.07 Å². The van der Waals surface area contributed by atoms with Crippen LogP contribution in [0.2, 0.25) is 0 Å². The van der Waals surface area contributed by atoms with Gasteiger partial charge in [-0.1, -0.05) is 0 Å². The molecule has 0 saturated heterocycles. The van der Waals surface area contributed by atoms with Crippen molar-refractivity contribution in [2.75, 3.05) is 26.3 Å². The fourth-order valence-electron chi connectivity index (χ4n) is 0.461. The highest BCUT2D eigenvalue weighted by atomic mass is 19.3. The molecule has 0 amide bonds. The second-order valence-corrected chi connectivity index (χ2v) is 1.80. The lowest BCUT2D eigenvalue weighted by atomic mass is 10.6. The molecule has 0 fully saturated rings. The highest BCUT2D eigenvalue weighted by molar-refractivity contribution is 4.72. The third kappa shape index (κ3) is 9.27. The first kappa shape index (κ1) is 10.3. The Morgan fingerprint density at radius 3 is 2.82 bits per heavy atom. The summed E-state index contributed by atoms with van der Waals surface area (Å²) in [4.78, 5) is 0. The number of nitrogens with zero attached hydrogens (tertiary/aromatic N) is 1. The van der Waals surface area contributed by atoms with Crippen LogP contribution in [0.5, 0.6) is 0 Å². The Morgan fingerprint density at radius 1 is 1.55 bits per heavy atom. The maximum atomic E-state index is 11.4. The van der Waals surface area contributed by atoms with Crippen molar-refractivity contribution in [2.24, 2.45) is 0 Å². The summed E-state index contributed by atoms with van der Waals surface area (Å²) < 4.78 is 27.3. The monoisotopic (exact) mass is 164 g/mol. The molecule has 11 heavy (non-hydrogen) atoms. The lowest BCUT2D eigenvalue weighted by Gasteiger charge is -2.01. The van der Waals surface area contributed by atoms with Gasteiger partial charge in [0.25, 0.3) is 6.43 Å². The van der Waals surface area contributed by atoms with E-state index in [-0.39, 0.29) is 13.2 Å². The molecule has 0 unspecified atom stereocenters. The Bertz CT molecular complexity index is 124. The van der Waals surface area contributed by atoms with Crippen molar-refractivity contribution in [3.63, 3.8) is 0 Å². The highest BCUT2D eigenvalue weighted by Crippen LogP contribution is 1.90. The predicted molar refractivity (Wildman–Crippen MR) is 35.3 cm³/mol. The number of nitrogens with one attached hydrogen (secondary N) is 1. The lowest BCUT2D eigenvalue weighted by Crippen LogP contribution is -2.21. The molecule has 0 heterocycles. The van der Waals surface area contributed by atoms with Crippen LogP contribution in [-0.4, -0.2) is 32.7 Å². The van der Waals surface area contributed by atoms with Gasteiger partial charge in [-0.25, -0.2) is 8.78 Å². The van der Waals surface area contributed by atoms with Crippen molar-refractivity contribution in [1.82, 2.24) is 5.32 Å². The summed E-state index contributed by atoms with van der Waals surface area (Å²) in [5.74, 6) is 0. The summed E-state index contributed by atoms with van der Waals surface area (Å²) in [5.41, 5.74) is 0. The smallest absolute Gasteiger partial charge is 0.261 e. The average Bonchev–Trinajstić information content (AvgIpc) is 1.96. The van der Waals surface area contributed by atoms with Gasteiger partial charge in [-0.15, -0.1) is 0 Å². The average molecular weight is 164 g/mol. The highest BCUT2D eigenvalue weighted by Gasteiger charge is 1.99. The third-order valence-electron chi connectivity index (χ3n) is 0.871. The number of ether oxygens (including phenoxy) is 1. The standard InChI is InChI=1S/C6H10F2N2O/c7-6(8)5-11-4-3-10-2-1-9/h6,10H,2-5H2. The van der Waals surface area contributed by atoms with Gasteiger partial charge in [0, 0.05) is 6.54 Å². The van der Waals surface area contributed by atoms with E-state index in [4.69, 9.17) is 5.26 Å². The van der Waals surface area contributed by atoms with Crippen LogP contribution in [0, 0.1) is 11.3 Å². The van der Waals surface area contributed by atoms with Crippen molar-refractivity contribution in [2.45, 2.75) is 6.43 Å². The van der Waals surface area contributed by atoms with Crippen molar-refractivity contribution >= 4 is 0 Å². The molecular weight excluding hydrogens is 154 g/mol. The minimum atomic E-state index is -2.41. The zero-order valence-electron chi connectivity index (χ0n) is 6.02. The normalized spacial score (nSPS) is 10.0.